The first-order valence-electron chi connectivity index (χ1n) is 4.78. The molecular formula is C10H12N4S. The summed E-state index contributed by atoms with van der Waals surface area (Å²) in [5, 5.41) is 6.83. The van der Waals surface area contributed by atoms with E-state index in [9.17, 15) is 0 Å². The van der Waals surface area contributed by atoms with Crippen LogP contribution in [-0.2, 0) is 13.0 Å². The molecule has 0 spiro atoms. The predicted octanol–water partition coefficient (Wildman–Crippen LogP) is 1.89. The summed E-state index contributed by atoms with van der Waals surface area (Å²) < 4.78 is 2.67. The predicted molar refractivity (Wildman–Crippen MR) is 60.1 cm³/mol. The van der Waals surface area contributed by atoms with Crippen LogP contribution >= 0.6 is 12.2 Å². The summed E-state index contributed by atoms with van der Waals surface area (Å²) >= 11 is 5.12. The van der Waals surface area contributed by atoms with Gasteiger partial charge in [-0.2, -0.15) is 5.10 Å². The Morgan fingerprint density at radius 2 is 2.40 bits per heavy atom. The van der Waals surface area contributed by atoms with E-state index in [2.05, 4.69) is 21.2 Å². The van der Waals surface area contributed by atoms with Gasteiger partial charge in [0.1, 0.15) is 5.82 Å². The van der Waals surface area contributed by atoms with Crippen molar-refractivity contribution >= 4 is 12.2 Å². The first-order valence-corrected chi connectivity index (χ1v) is 5.19. The largest absolute Gasteiger partial charge is 0.304 e. The first-order chi connectivity index (χ1) is 7.27. The van der Waals surface area contributed by atoms with Crippen LogP contribution in [0.1, 0.15) is 11.4 Å². The summed E-state index contributed by atoms with van der Waals surface area (Å²) in [5.74, 6) is 0.920. The maximum Gasteiger partial charge on any atom is 0.195 e. The van der Waals surface area contributed by atoms with E-state index >= 15 is 0 Å². The van der Waals surface area contributed by atoms with E-state index in [0.717, 1.165) is 18.8 Å². The van der Waals surface area contributed by atoms with Crippen molar-refractivity contribution in [3.05, 3.63) is 40.7 Å². The summed E-state index contributed by atoms with van der Waals surface area (Å²) in [6.07, 6.45) is 4.57. The molecule has 15 heavy (non-hydrogen) atoms. The van der Waals surface area contributed by atoms with Crippen molar-refractivity contribution in [3.63, 3.8) is 0 Å². The quantitative estimate of drug-likeness (QED) is 0.803. The molecule has 0 radical (unpaired) electrons. The van der Waals surface area contributed by atoms with Crippen molar-refractivity contribution in [2.24, 2.45) is 0 Å². The molecule has 0 aromatic carbocycles. The molecule has 0 atom stereocenters. The molecular weight excluding hydrogens is 208 g/mol. The van der Waals surface area contributed by atoms with Crippen LogP contribution in [0.3, 0.4) is 0 Å². The lowest BCUT2D eigenvalue weighted by Gasteiger charge is -2.03. The van der Waals surface area contributed by atoms with Crippen LogP contribution in [0.4, 0.5) is 0 Å². The van der Waals surface area contributed by atoms with Crippen molar-refractivity contribution in [1.82, 2.24) is 19.7 Å². The molecule has 0 aliphatic rings. The van der Waals surface area contributed by atoms with Gasteiger partial charge in [0.25, 0.3) is 0 Å². The van der Waals surface area contributed by atoms with Gasteiger partial charge in [-0.1, -0.05) is 6.07 Å². The van der Waals surface area contributed by atoms with Crippen molar-refractivity contribution in [1.29, 1.82) is 0 Å². The van der Waals surface area contributed by atoms with Crippen LogP contribution < -0.4 is 0 Å². The third kappa shape index (κ3) is 2.30. The summed E-state index contributed by atoms with van der Waals surface area (Å²) in [6.45, 7) is 2.78. The molecule has 2 aromatic rings. The van der Waals surface area contributed by atoms with Crippen LogP contribution in [0.15, 0.2) is 24.5 Å². The number of hydrogen-bond donors (Lipinski definition) is 1. The zero-order valence-corrected chi connectivity index (χ0v) is 9.29. The average molecular weight is 220 g/mol. The van der Waals surface area contributed by atoms with E-state index in [1.54, 1.807) is 6.20 Å². The van der Waals surface area contributed by atoms with Gasteiger partial charge in [0.05, 0.1) is 0 Å². The number of nitrogens with one attached hydrogen (secondary N) is 1. The van der Waals surface area contributed by atoms with Gasteiger partial charge in [0.2, 0.25) is 0 Å². The van der Waals surface area contributed by atoms with Gasteiger partial charge < -0.3 is 4.57 Å². The Bertz CT molecular complexity index is 486. The van der Waals surface area contributed by atoms with Gasteiger partial charge in [0.15, 0.2) is 4.77 Å². The summed E-state index contributed by atoms with van der Waals surface area (Å²) in [5.41, 5.74) is 1.21. The van der Waals surface area contributed by atoms with Crippen LogP contribution in [0, 0.1) is 11.7 Å². The standard InChI is InChI=1S/C10H12N4S/c1-8-12-13-10(15)14(8)6-4-9-3-2-5-11-7-9/h2-3,5,7H,4,6H2,1H3,(H,13,15). The van der Waals surface area contributed by atoms with Crippen LogP contribution in [-0.4, -0.2) is 19.7 Å². The highest BCUT2D eigenvalue weighted by Crippen LogP contribution is 2.02. The minimum absolute atomic E-state index is 0.677. The van der Waals surface area contributed by atoms with E-state index in [4.69, 9.17) is 12.2 Å². The second-order valence-corrected chi connectivity index (χ2v) is 3.73. The fourth-order valence-corrected chi connectivity index (χ4v) is 1.72. The number of nitrogens with zero attached hydrogens (tertiary/aromatic N) is 3. The minimum atomic E-state index is 0.677. The molecule has 2 rings (SSSR count). The second-order valence-electron chi connectivity index (χ2n) is 3.34. The number of aromatic amines is 1. The molecule has 1 N–H and O–H groups in total. The van der Waals surface area contributed by atoms with Gasteiger partial charge in [-0.05, 0) is 37.2 Å². The van der Waals surface area contributed by atoms with Crippen LogP contribution in [0.5, 0.6) is 0 Å². The van der Waals surface area contributed by atoms with Crippen molar-refractivity contribution in [2.75, 3.05) is 0 Å². The zero-order chi connectivity index (χ0) is 10.7. The van der Waals surface area contributed by atoms with Gasteiger partial charge in [-0.25, -0.2) is 0 Å². The molecule has 5 heteroatoms. The molecule has 2 aromatic heterocycles. The molecule has 78 valence electrons. The van der Waals surface area contributed by atoms with Gasteiger partial charge >= 0.3 is 0 Å². The Balaban J connectivity index is 2.09. The van der Waals surface area contributed by atoms with E-state index in [1.165, 1.54) is 5.56 Å². The molecule has 0 saturated heterocycles. The monoisotopic (exact) mass is 220 g/mol. The maximum absolute atomic E-state index is 5.12. The molecule has 0 unspecified atom stereocenters. The Morgan fingerprint density at radius 3 is 3.00 bits per heavy atom. The van der Waals surface area contributed by atoms with Crippen molar-refractivity contribution < 1.29 is 0 Å². The van der Waals surface area contributed by atoms with Crippen LogP contribution in [0.25, 0.3) is 0 Å². The summed E-state index contributed by atoms with van der Waals surface area (Å²) in [4.78, 5) is 4.07. The average Bonchev–Trinajstić information content (AvgIpc) is 2.58. The lowest BCUT2D eigenvalue weighted by molar-refractivity contribution is 0.663. The third-order valence-electron chi connectivity index (χ3n) is 2.30. The topological polar surface area (TPSA) is 46.5 Å². The summed E-state index contributed by atoms with van der Waals surface area (Å²) in [7, 11) is 0. The Hall–Kier alpha value is -1.49. The molecule has 4 nitrogen and oxygen atoms in total. The molecule has 0 aliphatic heterocycles. The normalized spacial score (nSPS) is 10.5. The SMILES string of the molecule is Cc1n[nH]c(=S)n1CCc1cccnc1. The second kappa shape index (κ2) is 4.35. The van der Waals surface area contributed by atoms with E-state index in [1.807, 2.05) is 23.8 Å². The number of pyridine rings is 1. The highest BCUT2D eigenvalue weighted by molar-refractivity contribution is 7.71. The number of aryl methyl sites for hydroxylation is 2. The first kappa shape index (κ1) is 10.0. The van der Waals surface area contributed by atoms with Gasteiger partial charge in [0, 0.05) is 18.9 Å². The summed E-state index contributed by atoms with van der Waals surface area (Å²) in [6, 6.07) is 4.00. The molecule has 0 fully saturated rings. The maximum atomic E-state index is 5.12. The number of H-pyrrole nitrogens is 1. The van der Waals surface area contributed by atoms with E-state index < -0.39 is 0 Å². The van der Waals surface area contributed by atoms with Gasteiger partial charge in [-0.15, -0.1) is 0 Å². The zero-order valence-electron chi connectivity index (χ0n) is 8.47. The molecule has 0 aliphatic carbocycles. The van der Waals surface area contributed by atoms with Gasteiger partial charge in [-0.3, -0.25) is 10.1 Å². The Labute approximate surface area is 93.0 Å². The van der Waals surface area contributed by atoms with E-state index in [-0.39, 0.29) is 0 Å². The number of hydrogen-bond acceptors (Lipinski definition) is 3. The highest BCUT2D eigenvalue weighted by atomic mass is 32.1. The molecule has 0 bridgehead atoms. The lowest BCUT2D eigenvalue weighted by atomic mass is 10.2. The molecule has 2 heterocycles. The number of rotatable bonds is 3. The smallest absolute Gasteiger partial charge is 0.195 e. The molecule has 0 amide bonds. The van der Waals surface area contributed by atoms with Crippen LogP contribution in [0.2, 0.25) is 0 Å². The minimum Gasteiger partial charge on any atom is -0.304 e. The Morgan fingerprint density at radius 1 is 1.53 bits per heavy atom. The lowest BCUT2D eigenvalue weighted by Crippen LogP contribution is -2.03. The molecule has 0 saturated carbocycles. The van der Waals surface area contributed by atoms with Crippen molar-refractivity contribution in [2.45, 2.75) is 19.9 Å². The van der Waals surface area contributed by atoms with E-state index in [0.29, 0.717) is 4.77 Å². The fraction of sp³-hybridized carbons (Fsp3) is 0.300. The number of aromatic nitrogens is 4. The Kier molecular flexibility index (Phi) is 2.91. The van der Waals surface area contributed by atoms with Crippen molar-refractivity contribution in [3.8, 4) is 0 Å². The fourth-order valence-electron chi connectivity index (χ4n) is 1.45. The highest BCUT2D eigenvalue weighted by Gasteiger charge is 2.00. The third-order valence-corrected chi connectivity index (χ3v) is 2.61.